The van der Waals surface area contributed by atoms with Crippen LogP contribution in [0.3, 0.4) is 0 Å². The molecule has 2 nitrogen and oxygen atoms in total. The smallest absolute Gasteiger partial charge is 0.137 e. The Labute approximate surface area is 91.4 Å². The Kier molecular flexibility index (Phi) is 3.64. The average molecular weight is 262 g/mol. The lowest BCUT2D eigenvalue weighted by Gasteiger charge is -2.28. The molecule has 1 aromatic rings. The first kappa shape index (κ1) is 11.6. The summed E-state index contributed by atoms with van der Waals surface area (Å²) in [6, 6.07) is 4.83. The number of methoxy groups -OCH3 is 1. The summed E-state index contributed by atoms with van der Waals surface area (Å²) in [4.78, 5) is 0. The maximum atomic E-state index is 13.2. The Balaban J connectivity index is 3.24. The number of ether oxygens (including phenoxy) is 1. The molecule has 1 rings (SSSR count). The summed E-state index contributed by atoms with van der Waals surface area (Å²) >= 11 is 3.19. The number of halogens is 2. The van der Waals surface area contributed by atoms with Crippen LogP contribution in [0.5, 0.6) is 0 Å². The van der Waals surface area contributed by atoms with Crippen LogP contribution in [0.1, 0.15) is 12.5 Å². The first-order valence-electron chi connectivity index (χ1n) is 4.25. The van der Waals surface area contributed by atoms with Gasteiger partial charge in [-0.2, -0.15) is 0 Å². The second kappa shape index (κ2) is 4.38. The third-order valence-corrected chi connectivity index (χ3v) is 3.17. The quantitative estimate of drug-likeness (QED) is 0.907. The highest BCUT2D eigenvalue weighted by Crippen LogP contribution is 2.31. The van der Waals surface area contributed by atoms with Crippen molar-refractivity contribution in [1.82, 2.24) is 0 Å². The van der Waals surface area contributed by atoms with Gasteiger partial charge in [-0.25, -0.2) is 4.39 Å². The van der Waals surface area contributed by atoms with Gasteiger partial charge in [-0.15, -0.1) is 0 Å². The fourth-order valence-electron chi connectivity index (χ4n) is 1.22. The van der Waals surface area contributed by atoms with Gasteiger partial charge < -0.3 is 10.5 Å². The summed E-state index contributed by atoms with van der Waals surface area (Å²) in [6.45, 7) is 2.12. The molecule has 0 spiro atoms. The highest BCUT2D eigenvalue weighted by atomic mass is 79.9. The fourth-order valence-corrected chi connectivity index (χ4v) is 1.90. The van der Waals surface area contributed by atoms with Gasteiger partial charge in [0.15, 0.2) is 0 Å². The van der Waals surface area contributed by atoms with E-state index in [0.717, 1.165) is 5.56 Å². The van der Waals surface area contributed by atoms with Crippen molar-refractivity contribution in [2.24, 2.45) is 5.73 Å². The van der Waals surface area contributed by atoms with E-state index in [9.17, 15) is 4.39 Å². The predicted octanol–water partition coefficient (Wildman–Crippen LogP) is 2.41. The number of hydrogen-bond donors (Lipinski definition) is 1. The van der Waals surface area contributed by atoms with Crippen molar-refractivity contribution in [3.05, 3.63) is 34.1 Å². The molecule has 2 N–H and O–H groups in total. The minimum Gasteiger partial charge on any atom is -0.372 e. The molecule has 0 aromatic heterocycles. The van der Waals surface area contributed by atoms with Gasteiger partial charge in [0, 0.05) is 19.2 Å². The van der Waals surface area contributed by atoms with E-state index in [1.54, 1.807) is 19.2 Å². The monoisotopic (exact) mass is 261 g/mol. The van der Waals surface area contributed by atoms with Crippen molar-refractivity contribution < 1.29 is 9.13 Å². The van der Waals surface area contributed by atoms with Crippen LogP contribution >= 0.6 is 15.9 Å². The standard InChI is InChI=1S/C10H13BrFNO/c1-10(6-13,14-2)7-4-3-5-8(12)9(7)11/h3-5H,6,13H2,1-2H3. The molecule has 4 heteroatoms. The normalized spacial score (nSPS) is 15.2. The average Bonchev–Trinajstić information content (AvgIpc) is 2.21. The largest absolute Gasteiger partial charge is 0.372 e. The van der Waals surface area contributed by atoms with E-state index < -0.39 is 5.60 Å². The third kappa shape index (κ3) is 1.97. The van der Waals surface area contributed by atoms with Crippen LogP contribution in [0.4, 0.5) is 4.39 Å². The first-order chi connectivity index (χ1) is 6.55. The van der Waals surface area contributed by atoms with E-state index in [2.05, 4.69) is 15.9 Å². The molecule has 0 heterocycles. The third-order valence-electron chi connectivity index (χ3n) is 2.36. The van der Waals surface area contributed by atoms with Crippen molar-refractivity contribution in [1.29, 1.82) is 0 Å². The molecule has 0 fully saturated rings. The Morgan fingerprint density at radius 3 is 2.71 bits per heavy atom. The molecule has 0 aliphatic rings. The molecular weight excluding hydrogens is 249 g/mol. The molecule has 0 aliphatic heterocycles. The lowest BCUT2D eigenvalue weighted by Crippen LogP contribution is -2.34. The minimum atomic E-state index is -0.652. The zero-order valence-corrected chi connectivity index (χ0v) is 9.77. The molecule has 0 amide bonds. The molecule has 78 valence electrons. The summed E-state index contributed by atoms with van der Waals surface area (Å²) < 4.78 is 18.9. The van der Waals surface area contributed by atoms with Gasteiger partial charge in [-0.3, -0.25) is 0 Å². The number of benzene rings is 1. The van der Waals surface area contributed by atoms with Crippen molar-refractivity contribution in [3.8, 4) is 0 Å². The molecule has 0 bridgehead atoms. The van der Waals surface area contributed by atoms with Gasteiger partial charge in [-0.05, 0) is 28.9 Å². The summed E-state index contributed by atoms with van der Waals surface area (Å²) in [5, 5.41) is 0. The molecular formula is C10H13BrFNO. The summed E-state index contributed by atoms with van der Waals surface area (Å²) in [5.74, 6) is -0.306. The Morgan fingerprint density at radius 2 is 2.21 bits per heavy atom. The van der Waals surface area contributed by atoms with Gasteiger partial charge in [0.1, 0.15) is 11.4 Å². The fraction of sp³-hybridized carbons (Fsp3) is 0.400. The summed E-state index contributed by atoms with van der Waals surface area (Å²) in [5.41, 5.74) is 5.67. The van der Waals surface area contributed by atoms with Gasteiger partial charge in [-0.1, -0.05) is 12.1 Å². The van der Waals surface area contributed by atoms with Gasteiger partial charge in [0.2, 0.25) is 0 Å². The molecule has 0 radical (unpaired) electrons. The zero-order valence-electron chi connectivity index (χ0n) is 8.18. The van der Waals surface area contributed by atoms with Crippen LogP contribution in [-0.2, 0) is 10.3 Å². The van der Waals surface area contributed by atoms with Gasteiger partial charge >= 0.3 is 0 Å². The SMILES string of the molecule is COC(C)(CN)c1cccc(F)c1Br. The topological polar surface area (TPSA) is 35.2 Å². The number of rotatable bonds is 3. The molecule has 14 heavy (non-hydrogen) atoms. The maximum Gasteiger partial charge on any atom is 0.137 e. The van der Waals surface area contributed by atoms with Crippen molar-refractivity contribution in [2.45, 2.75) is 12.5 Å². The van der Waals surface area contributed by atoms with Crippen LogP contribution in [0.25, 0.3) is 0 Å². The number of nitrogens with two attached hydrogens (primary N) is 1. The number of hydrogen-bond acceptors (Lipinski definition) is 2. The van der Waals surface area contributed by atoms with E-state index in [1.807, 2.05) is 6.92 Å². The van der Waals surface area contributed by atoms with Crippen molar-refractivity contribution in [3.63, 3.8) is 0 Å². The van der Waals surface area contributed by atoms with E-state index >= 15 is 0 Å². The van der Waals surface area contributed by atoms with Crippen LogP contribution in [-0.4, -0.2) is 13.7 Å². The molecule has 1 atom stereocenters. The van der Waals surface area contributed by atoms with Crippen LogP contribution in [0.15, 0.2) is 22.7 Å². The minimum absolute atomic E-state index is 0.297. The Morgan fingerprint density at radius 1 is 1.57 bits per heavy atom. The molecule has 1 unspecified atom stereocenters. The molecule has 0 saturated carbocycles. The van der Waals surface area contributed by atoms with Gasteiger partial charge in [0.25, 0.3) is 0 Å². The summed E-state index contributed by atoms with van der Waals surface area (Å²) in [7, 11) is 1.56. The zero-order chi connectivity index (χ0) is 10.8. The van der Waals surface area contributed by atoms with Crippen molar-refractivity contribution >= 4 is 15.9 Å². The van der Waals surface area contributed by atoms with Crippen molar-refractivity contribution in [2.75, 3.05) is 13.7 Å². The van der Waals surface area contributed by atoms with E-state index in [0.29, 0.717) is 11.0 Å². The lowest BCUT2D eigenvalue weighted by molar-refractivity contribution is 0.00919. The second-order valence-corrected chi connectivity index (χ2v) is 4.03. The second-order valence-electron chi connectivity index (χ2n) is 3.24. The van der Waals surface area contributed by atoms with E-state index in [-0.39, 0.29) is 5.82 Å². The maximum absolute atomic E-state index is 13.2. The van der Waals surface area contributed by atoms with Gasteiger partial charge in [0.05, 0.1) is 4.47 Å². The Hall–Kier alpha value is -0.450. The predicted molar refractivity (Wildman–Crippen MR) is 57.5 cm³/mol. The highest BCUT2D eigenvalue weighted by Gasteiger charge is 2.27. The van der Waals surface area contributed by atoms with E-state index in [1.165, 1.54) is 6.07 Å². The summed E-state index contributed by atoms with van der Waals surface area (Å²) in [6.07, 6.45) is 0. The first-order valence-corrected chi connectivity index (χ1v) is 5.04. The van der Waals surface area contributed by atoms with Crippen LogP contribution in [0, 0.1) is 5.82 Å². The highest BCUT2D eigenvalue weighted by molar-refractivity contribution is 9.10. The Bertz CT molecular complexity index is 326. The van der Waals surface area contributed by atoms with E-state index in [4.69, 9.17) is 10.5 Å². The van der Waals surface area contributed by atoms with Crippen LogP contribution in [0.2, 0.25) is 0 Å². The van der Waals surface area contributed by atoms with Crippen LogP contribution < -0.4 is 5.73 Å². The lowest BCUT2D eigenvalue weighted by atomic mass is 9.96. The molecule has 0 saturated heterocycles. The molecule has 1 aromatic carbocycles. The molecule has 0 aliphatic carbocycles.